The first-order valence-corrected chi connectivity index (χ1v) is 12.2. The molecule has 1 aromatic carbocycles. The number of hydrogen-bond donors (Lipinski definition) is 1. The van der Waals surface area contributed by atoms with Crippen LogP contribution in [0.4, 0.5) is 21.1 Å². The molecule has 0 aliphatic carbocycles. The number of carbonyl (C=O) groups is 6. The molecule has 3 heterocycles. The first-order chi connectivity index (χ1) is 18.1. The van der Waals surface area contributed by atoms with Gasteiger partial charge in [-0.05, 0) is 60.1 Å². The number of anilines is 2. The number of carbonyl (C=O) groups excluding carboxylic acids is 6. The molecule has 2 aliphatic heterocycles. The molecule has 0 bridgehead atoms. The van der Waals surface area contributed by atoms with Gasteiger partial charge in [0.2, 0.25) is 5.91 Å². The Hall–Kier alpha value is -4.55. The van der Waals surface area contributed by atoms with Crippen molar-refractivity contribution >= 4 is 47.3 Å². The molecule has 0 radical (unpaired) electrons. The van der Waals surface area contributed by atoms with Crippen molar-refractivity contribution in [2.75, 3.05) is 5.32 Å². The van der Waals surface area contributed by atoms with Crippen LogP contribution in [0.2, 0.25) is 0 Å². The molecule has 0 spiro atoms. The molecule has 39 heavy (non-hydrogen) atoms. The Bertz CT molecular complexity index is 1400. The minimum atomic E-state index is -1.37. The third-order valence-electron chi connectivity index (χ3n) is 5.65. The summed E-state index contributed by atoms with van der Waals surface area (Å²) < 4.78 is 11.4. The number of aromatic nitrogens is 2. The van der Waals surface area contributed by atoms with Gasteiger partial charge in [-0.3, -0.25) is 24.1 Å². The number of fused-ring (bicyclic) bond motifs is 1. The minimum absolute atomic E-state index is 0.0113. The summed E-state index contributed by atoms with van der Waals surface area (Å²) in [5, 5.41) is 7.04. The number of ether oxygens (including phenoxy) is 2. The van der Waals surface area contributed by atoms with Gasteiger partial charge in [0.25, 0.3) is 17.7 Å². The average Bonchev–Trinajstić information content (AvgIpc) is 3.36. The highest BCUT2D eigenvalue weighted by atomic mass is 16.6. The molecule has 13 heteroatoms. The van der Waals surface area contributed by atoms with Crippen molar-refractivity contribution in [1.82, 2.24) is 19.6 Å². The van der Waals surface area contributed by atoms with E-state index < -0.39 is 53.1 Å². The van der Waals surface area contributed by atoms with Gasteiger partial charge in [-0.1, -0.05) is 6.07 Å². The Balaban J connectivity index is 1.58. The van der Waals surface area contributed by atoms with E-state index in [2.05, 4.69) is 10.4 Å². The number of piperidine rings is 1. The predicted molar refractivity (Wildman–Crippen MR) is 135 cm³/mol. The summed E-state index contributed by atoms with van der Waals surface area (Å²) in [4.78, 5) is 78.4. The maximum atomic E-state index is 13.5. The monoisotopic (exact) mass is 539 g/mol. The van der Waals surface area contributed by atoms with Crippen molar-refractivity contribution in [3.05, 3.63) is 41.6 Å². The molecule has 1 fully saturated rings. The maximum absolute atomic E-state index is 13.5. The van der Waals surface area contributed by atoms with E-state index in [9.17, 15) is 28.8 Å². The fourth-order valence-corrected chi connectivity index (χ4v) is 4.14. The molecule has 2 aliphatic rings. The van der Waals surface area contributed by atoms with Crippen molar-refractivity contribution in [3.8, 4) is 0 Å². The van der Waals surface area contributed by atoms with Crippen LogP contribution in [0.3, 0.4) is 0 Å². The highest BCUT2D eigenvalue weighted by molar-refractivity contribution is 6.26. The second kappa shape index (κ2) is 9.64. The Kier molecular flexibility index (Phi) is 6.79. The summed E-state index contributed by atoms with van der Waals surface area (Å²) in [6.45, 7) is 9.89. The van der Waals surface area contributed by atoms with Gasteiger partial charge in [-0.15, -0.1) is 5.10 Å². The zero-order chi connectivity index (χ0) is 28.9. The fraction of sp³-hybridized carbons (Fsp3) is 0.423. The molecule has 1 aromatic heterocycles. The number of amides is 5. The lowest BCUT2D eigenvalue weighted by Gasteiger charge is -2.34. The fourth-order valence-electron chi connectivity index (χ4n) is 4.14. The molecule has 2 aromatic rings. The largest absolute Gasteiger partial charge is 0.443 e. The number of likely N-dealkylation sites (tertiary alicyclic amines) is 1. The summed E-state index contributed by atoms with van der Waals surface area (Å²) in [7, 11) is 0. The molecule has 4 rings (SSSR count). The lowest BCUT2D eigenvalue weighted by Crippen LogP contribution is -2.58. The van der Waals surface area contributed by atoms with Crippen molar-refractivity contribution in [1.29, 1.82) is 0 Å². The third kappa shape index (κ3) is 5.52. The van der Waals surface area contributed by atoms with Crippen LogP contribution in [0.5, 0.6) is 0 Å². The molecular formula is C26H29N5O8. The second-order valence-electron chi connectivity index (χ2n) is 11.1. The van der Waals surface area contributed by atoms with E-state index in [0.717, 1.165) is 9.58 Å². The third-order valence-corrected chi connectivity index (χ3v) is 5.65. The smallest absolute Gasteiger partial charge is 0.435 e. The van der Waals surface area contributed by atoms with Gasteiger partial charge in [0, 0.05) is 18.7 Å². The van der Waals surface area contributed by atoms with Crippen LogP contribution in [-0.4, -0.2) is 72.6 Å². The van der Waals surface area contributed by atoms with Crippen LogP contribution in [-0.2, 0) is 19.1 Å². The SMILES string of the molecule is CC(C)(C)OC(=O)N1C(=O)CCC(N2C(=O)c3cccc(Nc4ccn(C(=O)OC(C)(C)C)n4)c3C2=O)C1=O. The van der Waals surface area contributed by atoms with Crippen LogP contribution in [0.15, 0.2) is 30.5 Å². The number of hydrogen-bond acceptors (Lipinski definition) is 10. The van der Waals surface area contributed by atoms with E-state index >= 15 is 0 Å². The predicted octanol–water partition coefficient (Wildman–Crippen LogP) is 3.46. The molecule has 1 saturated heterocycles. The minimum Gasteiger partial charge on any atom is -0.443 e. The van der Waals surface area contributed by atoms with Gasteiger partial charge < -0.3 is 14.8 Å². The summed E-state index contributed by atoms with van der Waals surface area (Å²) in [5.74, 6) is -3.11. The molecular weight excluding hydrogens is 510 g/mol. The van der Waals surface area contributed by atoms with Gasteiger partial charge in [0.15, 0.2) is 5.82 Å². The second-order valence-corrected chi connectivity index (χ2v) is 11.1. The standard InChI is InChI=1S/C26H29N5O8/c1-25(2,3)38-23(36)29-13-12-17(28-29)27-15-9-7-8-14-19(15)22(35)30(20(14)33)16-10-11-18(32)31(21(16)34)24(37)39-26(4,5)6/h7-9,12-13,16H,10-11H2,1-6H3,(H,27,28). The lowest BCUT2D eigenvalue weighted by molar-refractivity contribution is -0.149. The van der Waals surface area contributed by atoms with Gasteiger partial charge in [0.05, 0.1) is 16.8 Å². The number of nitrogens with one attached hydrogen (secondary N) is 1. The molecule has 1 unspecified atom stereocenters. The van der Waals surface area contributed by atoms with Gasteiger partial charge in [0.1, 0.15) is 17.2 Å². The Labute approximate surface area is 224 Å². The number of imide groups is 4. The Morgan fingerprint density at radius 2 is 1.56 bits per heavy atom. The zero-order valence-corrected chi connectivity index (χ0v) is 22.4. The Morgan fingerprint density at radius 1 is 0.923 bits per heavy atom. The van der Waals surface area contributed by atoms with E-state index in [4.69, 9.17) is 9.47 Å². The van der Waals surface area contributed by atoms with Crippen molar-refractivity contribution in [3.63, 3.8) is 0 Å². The average molecular weight is 540 g/mol. The van der Waals surface area contributed by atoms with Crippen molar-refractivity contribution < 1.29 is 38.2 Å². The first kappa shape index (κ1) is 27.5. The van der Waals surface area contributed by atoms with Gasteiger partial charge in [-0.2, -0.15) is 9.58 Å². The zero-order valence-electron chi connectivity index (χ0n) is 22.4. The van der Waals surface area contributed by atoms with Crippen LogP contribution in [0.1, 0.15) is 75.1 Å². The highest BCUT2D eigenvalue weighted by Gasteiger charge is 2.50. The van der Waals surface area contributed by atoms with E-state index in [1.165, 1.54) is 18.3 Å². The van der Waals surface area contributed by atoms with E-state index in [1.807, 2.05) is 0 Å². The van der Waals surface area contributed by atoms with Crippen LogP contribution < -0.4 is 5.32 Å². The van der Waals surface area contributed by atoms with E-state index in [-0.39, 0.29) is 35.5 Å². The van der Waals surface area contributed by atoms with Crippen molar-refractivity contribution in [2.24, 2.45) is 0 Å². The van der Waals surface area contributed by atoms with Crippen LogP contribution >= 0.6 is 0 Å². The molecule has 1 N–H and O–H groups in total. The summed E-state index contributed by atoms with van der Waals surface area (Å²) >= 11 is 0. The summed E-state index contributed by atoms with van der Waals surface area (Å²) in [6.07, 6.45) is -0.864. The maximum Gasteiger partial charge on any atom is 0.435 e. The molecule has 13 nitrogen and oxygen atoms in total. The normalized spacial score (nSPS) is 17.8. The Morgan fingerprint density at radius 3 is 2.21 bits per heavy atom. The van der Waals surface area contributed by atoms with E-state index in [0.29, 0.717) is 4.90 Å². The molecule has 206 valence electrons. The molecule has 1 atom stereocenters. The quantitative estimate of drug-likeness (QED) is 0.573. The van der Waals surface area contributed by atoms with Gasteiger partial charge in [-0.25, -0.2) is 9.59 Å². The topological polar surface area (TPSA) is 157 Å². The first-order valence-electron chi connectivity index (χ1n) is 12.2. The van der Waals surface area contributed by atoms with Crippen LogP contribution in [0, 0.1) is 0 Å². The molecule has 5 amide bonds. The summed E-state index contributed by atoms with van der Waals surface area (Å²) in [5.41, 5.74) is -1.47. The van der Waals surface area contributed by atoms with E-state index in [1.54, 1.807) is 53.7 Å². The highest BCUT2D eigenvalue weighted by Crippen LogP contribution is 2.34. The number of benzene rings is 1. The lowest BCUT2D eigenvalue weighted by atomic mass is 10.0. The summed E-state index contributed by atoms with van der Waals surface area (Å²) in [6, 6.07) is 4.63. The molecule has 0 saturated carbocycles. The number of nitrogens with zero attached hydrogens (tertiary/aromatic N) is 4. The van der Waals surface area contributed by atoms with Crippen LogP contribution in [0.25, 0.3) is 0 Å². The number of rotatable bonds is 3. The van der Waals surface area contributed by atoms with Gasteiger partial charge >= 0.3 is 12.2 Å². The van der Waals surface area contributed by atoms with Crippen molar-refractivity contribution in [2.45, 2.75) is 71.6 Å².